The van der Waals surface area contributed by atoms with E-state index >= 15 is 0 Å². The van der Waals surface area contributed by atoms with Crippen molar-refractivity contribution in [3.05, 3.63) is 164 Å². The van der Waals surface area contributed by atoms with Crippen LogP contribution in [0, 0.1) is 0 Å². The predicted octanol–water partition coefficient (Wildman–Crippen LogP) is 11.6. The highest BCUT2D eigenvalue weighted by Gasteiger charge is 2.16. The molecule has 0 spiro atoms. The van der Waals surface area contributed by atoms with E-state index in [1.807, 2.05) is 0 Å². The zero-order valence-corrected chi connectivity index (χ0v) is 23.5. The minimum atomic E-state index is 1.18. The van der Waals surface area contributed by atoms with Crippen molar-refractivity contribution in [1.29, 1.82) is 0 Å². The van der Waals surface area contributed by atoms with E-state index in [2.05, 4.69) is 168 Å². The van der Waals surface area contributed by atoms with Crippen molar-refractivity contribution in [3.63, 3.8) is 0 Å². The van der Waals surface area contributed by atoms with Crippen LogP contribution < -0.4 is 0 Å². The monoisotopic (exact) mass is 545 g/mol. The molecule has 0 saturated carbocycles. The minimum absolute atomic E-state index is 1.18. The lowest BCUT2D eigenvalue weighted by Crippen LogP contribution is -1.93. The molecule has 1 heterocycles. The Morgan fingerprint density at radius 3 is 1.56 bits per heavy atom. The van der Waals surface area contributed by atoms with Gasteiger partial charge >= 0.3 is 0 Å². The third kappa shape index (κ3) is 3.72. The molecule has 0 unspecified atom stereocenters. The van der Waals surface area contributed by atoms with E-state index in [0.717, 1.165) is 0 Å². The van der Waals surface area contributed by atoms with Crippen LogP contribution in [-0.2, 0) is 0 Å². The van der Waals surface area contributed by atoms with E-state index < -0.39 is 0 Å². The van der Waals surface area contributed by atoms with Gasteiger partial charge in [-0.05, 0) is 97.0 Å². The minimum Gasteiger partial charge on any atom is -0.309 e. The first kappa shape index (κ1) is 24.0. The summed E-state index contributed by atoms with van der Waals surface area (Å²) in [4.78, 5) is 0. The van der Waals surface area contributed by atoms with Gasteiger partial charge in [0.15, 0.2) is 0 Å². The van der Waals surface area contributed by atoms with Gasteiger partial charge in [0, 0.05) is 16.5 Å². The van der Waals surface area contributed by atoms with Crippen LogP contribution in [0.1, 0.15) is 0 Å². The Bertz CT molecular complexity index is 2480. The fraction of sp³-hybridized carbons (Fsp3) is 0. The molecule has 0 atom stereocenters. The van der Waals surface area contributed by atoms with Crippen molar-refractivity contribution >= 4 is 54.1 Å². The van der Waals surface area contributed by atoms with Gasteiger partial charge in [0.25, 0.3) is 0 Å². The van der Waals surface area contributed by atoms with Gasteiger partial charge in [-0.2, -0.15) is 0 Å². The van der Waals surface area contributed by atoms with Gasteiger partial charge in [-0.3, -0.25) is 0 Å². The number of aromatic nitrogens is 1. The lowest BCUT2D eigenvalue weighted by molar-refractivity contribution is 1.18. The molecule has 1 nitrogen and oxygen atoms in total. The highest BCUT2D eigenvalue weighted by atomic mass is 15.0. The molecule has 43 heavy (non-hydrogen) atoms. The summed E-state index contributed by atoms with van der Waals surface area (Å²) in [7, 11) is 0. The van der Waals surface area contributed by atoms with Crippen molar-refractivity contribution in [2.24, 2.45) is 0 Å². The lowest BCUT2D eigenvalue weighted by atomic mass is 9.90. The highest BCUT2D eigenvalue weighted by molar-refractivity contribution is 6.29. The molecule has 0 aliphatic carbocycles. The van der Waals surface area contributed by atoms with Crippen LogP contribution in [0.5, 0.6) is 0 Å². The summed E-state index contributed by atoms with van der Waals surface area (Å²) < 4.78 is 2.41. The molecule has 9 aromatic rings. The maximum atomic E-state index is 2.43. The summed E-state index contributed by atoms with van der Waals surface area (Å²) in [6.45, 7) is 0. The average Bonchev–Trinajstić information content (AvgIpc) is 3.41. The van der Waals surface area contributed by atoms with E-state index in [0.29, 0.717) is 0 Å². The van der Waals surface area contributed by atoms with Crippen LogP contribution in [-0.4, -0.2) is 4.57 Å². The third-order valence-corrected chi connectivity index (χ3v) is 8.95. The van der Waals surface area contributed by atoms with E-state index in [-0.39, 0.29) is 0 Å². The molecule has 0 saturated heterocycles. The fourth-order valence-electron chi connectivity index (χ4n) is 6.96. The maximum absolute atomic E-state index is 2.43. The number of para-hydroxylation sites is 2. The standard InChI is InChI=1S/C42H27N/c1-3-12-28(13-4-1)29-14-11-15-30(24-29)31-22-23-35-37(25-31)33-18-7-8-19-34(33)39-27-42-40(26-38(35)39)36-20-9-10-21-41(36)43(42)32-16-5-2-6-17-32/h1-27H. The van der Waals surface area contributed by atoms with Crippen LogP contribution in [0.25, 0.3) is 82.1 Å². The highest BCUT2D eigenvalue weighted by Crippen LogP contribution is 2.42. The SMILES string of the molecule is c1ccc(-c2cccc(-c3ccc4c(c3)c3ccccc3c3cc5c(cc43)c3ccccc3n5-c3ccccc3)c2)cc1. The summed E-state index contributed by atoms with van der Waals surface area (Å²) in [5.41, 5.74) is 8.58. The number of nitrogens with zero attached hydrogens (tertiary/aromatic N) is 1. The normalized spacial score (nSPS) is 11.7. The maximum Gasteiger partial charge on any atom is 0.0547 e. The summed E-state index contributed by atoms with van der Waals surface area (Å²) >= 11 is 0. The molecule has 0 radical (unpaired) electrons. The Kier molecular flexibility index (Phi) is 5.27. The van der Waals surface area contributed by atoms with Crippen molar-refractivity contribution in [3.8, 4) is 27.9 Å². The van der Waals surface area contributed by atoms with Crippen LogP contribution in [0.15, 0.2) is 164 Å². The fourth-order valence-corrected chi connectivity index (χ4v) is 6.96. The van der Waals surface area contributed by atoms with Gasteiger partial charge in [-0.15, -0.1) is 0 Å². The van der Waals surface area contributed by atoms with E-state index in [4.69, 9.17) is 0 Å². The topological polar surface area (TPSA) is 4.93 Å². The first-order chi connectivity index (χ1) is 21.3. The zero-order chi connectivity index (χ0) is 28.3. The predicted molar refractivity (Wildman–Crippen MR) is 184 cm³/mol. The molecule has 0 bridgehead atoms. The number of hydrogen-bond acceptors (Lipinski definition) is 0. The first-order valence-corrected chi connectivity index (χ1v) is 14.9. The van der Waals surface area contributed by atoms with Crippen LogP contribution in [0.2, 0.25) is 0 Å². The Balaban J connectivity index is 1.34. The van der Waals surface area contributed by atoms with Gasteiger partial charge in [-0.1, -0.05) is 121 Å². The molecular formula is C42H27N. The Morgan fingerprint density at radius 2 is 0.791 bits per heavy atom. The second-order valence-corrected chi connectivity index (χ2v) is 11.4. The van der Waals surface area contributed by atoms with E-state index in [1.54, 1.807) is 0 Å². The second kappa shape index (κ2) is 9.44. The van der Waals surface area contributed by atoms with E-state index in [9.17, 15) is 0 Å². The first-order valence-electron chi connectivity index (χ1n) is 14.9. The van der Waals surface area contributed by atoms with Crippen LogP contribution in [0.4, 0.5) is 0 Å². The smallest absolute Gasteiger partial charge is 0.0547 e. The van der Waals surface area contributed by atoms with Crippen LogP contribution in [0.3, 0.4) is 0 Å². The Morgan fingerprint density at radius 1 is 0.256 bits per heavy atom. The third-order valence-electron chi connectivity index (χ3n) is 8.95. The van der Waals surface area contributed by atoms with Crippen molar-refractivity contribution < 1.29 is 0 Å². The summed E-state index contributed by atoms with van der Waals surface area (Å²) in [6.07, 6.45) is 0. The number of fused-ring (bicyclic) bond motifs is 9. The molecular weight excluding hydrogens is 518 g/mol. The van der Waals surface area contributed by atoms with Gasteiger partial charge in [-0.25, -0.2) is 0 Å². The van der Waals surface area contributed by atoms with Gasteiger partial charge in [0.2, 0.25) is 0 Å². The largest absolute Gasteiger partial charge is 0.309 e. The molecule has 8 aromatic carbocycles. The van der Waals surface area contributed by atoms with Gasteiger partial charge < -0.3 is 4.57 Å². The summed E-state index contributed by atoms with van der Waals surface area (Å²) in [6, 6.07) is 59.7. The lowest BCUT2D eigenvalue weighted by Gasteiger charge is -2.14. The Labute approximate surface area is 249 Å². The van der Waals surface area contributed by atoms with E-state index in [1.165, 1.54) is 82.1 Å². The van der Waals surface area contributed by atoms with Crippen molar-refractivity contribution in [2.75, 3.05) is 0 Å². The number of rotatable bonds is 3. The molecule has 200 valence electrons. The average molecular weight is 546 g/mol. The molecule has 0 amide bonds. The molecule has 0 N–H and O–H groups in total. The number of benzene rings is 8. The molecule has 9 rings (SSSR count). The van der Waals surface area contributed by atoms with Gasteiger partial charge in [0.1, 0.15) is 0 Å². The molecule has 0 fully saturated rings. The van der Waals surface area contributed by atoms with Crippen LogP contribution >= 0.6 is 0 Å². The summed E-state index contributed by atoms with van der Waals surface area (Å²) in [5, 5.41) is 10.3. The molecule has 1 heteroatoms. The quantitative estimate of drug-likeness (QED) is 0.195. The van der Waals surface area contributed by atoms with Crippen molar-refractivity contribution in [1.82, 2.24) is 4.57 Å². The molecule has 1 aromatic heterocycles. The van der Waals surface area contributed by atoms with Gasteiger partial charge in [0.05, 0.1) is 11.0 Å². The number of hydrogen-bond donors (Lipinski definition) is 0. The zero-order valence-electron chi connectivity index (χ0n) is 23.5. The Hall–Kier alpha value is -5.66. The second-order valence-electron chi connectivity index (χ2n) is 11.4. The molecule has 0 aliphatic rings. The van der Waals surface area contributed by atoms with Crippen molar-refractivity contribution in [2.45, 2.75) is 0 Å². The molecule has 0 aliphatic heterocycles. The summed E-state index contributed by atoms with van der Waals surface area (Å²) in [5.74, 6) is 0.